The lowest BCUT2D eigenvalue weighted by Crippen LogP contribution is -2.39. The highest BCUT2D eigenvalue weighted by Crippen LogP contribution is 2.38. The summed E-state index contributed by atoms with van der Waals surface area (Å²) in [4.78, 5) is 4.14. The zero-order chi connectivity index (χ0) is 20.8. The van der Waals surface area contributed by atoms with Crippen molar-refractivity contribution in [3.8, 4) is 0 Å². The summed E-state index contributed by atoms with van der Waals surface area (Å²) in [7, 11) is -1.90. The molecule has 0 fully saturated rings. The molecule has 1 aliphatic rings. The Balaban J connectivity index is 1.57. The second-order valence-corrected chi connectivity index (χ2v) is 14.0. The highest BCUT2D eigenvalue weighted by Gasteiger charge is 2.40. The van der Waals surface area contributed by atoms with Gasteiger partial charge in [0.15, 0.2) is 5.58 Å². The zero-order valence-corrected chi connectivity index (χ0v) is 19.1. The smallest absolute Gasteiger partial charge is 0.286 e. The highest BCUT2D eigenvalue weighted by atomic mass is 28.4. The van der Waals surface area contributed by atoms with E-state index in [1.165, 1.54) is 11.1 Å². The summed E-state index contributed by atoms with van der Waals surface area (Å²) in [5, 5.41) is 9.32. The van der Waals surface area contributed by atoms with Crippen LogP contribution in [0.4, 0.5) is 11.4 Å². The van der Waals surface area contributed by atoms with Crippen molar-refractivity contribution in [1.29, 1.82) is 0 Å². The number of nitrogens with one attached hydrogen (secondary N) is 1. The predicted molar refractivity (Wildman–Crippen MR) is 122 cm³/mol. The van der Waals surface area contributed by atoms with E-state index in [4.69, 9.17) is 8.94 Å². The molecule has 0 saturated carbocycles. The van der Waals surface area contributed by atoms with E-state index in [0.29, 0.717) is 0 Å². The number of hydrogen-bond donors (Lipinski definition) is 1. The lowest BCUT2D eigenvalue weighted by Gasteiger charge is -2.33. The van der Waals surface area contributed by atoms with Gasteiger partial charge < -0.3 is 14.3 Å². The molecular formula is C23H29N3O2Si. The average Bonchev–Trinajstić information content (AvgIpc) is 3.20. The SMILES string of the molecule is Cc1oc2cnccc2c1Nc1ccc2c(c1)CC/C2=N\O[Si](C)(C)C(C)(C)C. The van der Waals surface area contributed by atoms with Crippen molar-refractivity contribution in [2.45, 2.75) is 58.7 Å². The normalized spacial score (nSPS) is 15.7. The highest BCUT2D eigenvalue weighted by molar-refractivity contribution is 6.74. The van der Waals surface area contributed by atoms with Gasteiger partial charge in [0.1, 0.15) is 5.76 Å². The molecule has 6 heteroatoms. The van der Waals surface area contributed by atoms with Gasteiger partial charge in [-0.15, -0.1) is 5.16 Å². The number of anilines is 2. The Morgan fingerprint density at radius 1 is 1.17 bits per heavy atom. The first-order valence-corrected chi connectivity index (χ1v) is 13.0. The molecule has 0 aliphatic heterocycles. The van der Waals surface area contributed by atoms with Crippen LogP contribution in [0, 0.1) is 6.92 Å². The van der Waals surface area contributed by atoms with Gasteiger partial charge in [0.05, 0.1) is 17.6 Å². The number of aromatic nitrogens is 1. The van der Waals surface area contributed by atoms with Crippen LogP contribution in [0.2, 0.25) is 18.1 Å². The van der Waals surface area contributed by atoms with Gasteiger partial charge in [0, 0.05) is 22.8 Å². The number of hydrogen-bond acceptors (Lipinski definition) is 5. The molecule has 4 rings (SSSR count). The standard InChI is InChI=1S/C23H29N3O2Si/c1-15-22(19-11-12-24-14-21(19)27-15)25-17-8-9-18-16(13-17)7-10-20(18)26-28-29(5,6)23(2,3)4/h8-9,11-14,25H,7,10H2,1-6H3/b26-20+. The quantitative estimate of drug-likeness (QED) is 0.393. The van der Waals surface area contributed by atoms with Crippen LogP contribution in [-0.4, -0.2) is 19.0 Å². The molecule has 3 aromatic rings. The van der Waals surface area contributed by atoms with E-state index in [1.807, 2.05) is 13.0 Å². The van der Waals surface area contributed by atoms with Crippen LogP contribution in [0.15, 0.2) is 46.2 Å². The molecule has 1 aliphatic carbocycles. The minimum atomic E-state index is -1.90. The molecule has 5 nitrogen and oxygen atoms in total. The largest absolute Gasteiger partial charge is 0.457 e. The van der Waals surface area contributed by atoms with Crippen LogP contribution in [0.5, 0.6) is 0 Å². The molecule has 0 unspecified atom stereocenters. The van der Waals surface area contributed by atoms with Crippen molar-refractivity contribution in [2.75, 3.05) is 5.32 Å². The number of furan rings is 1. The molecule has 1 aromatic carbocycles. The van der Waals surface area contributed by atoms with E-state index in [1.54, 1.807) is 12.4 Å². The fourth-order valence-corrected chi connectivity index (χ4v) is 3.93. The number of pyridine rings is 1. The molecule has 29 heavy (non-hydrogen) atoms. The maximum Gasteiger partial charge on any atom is 0.286 e. The number of benzene rings is 1. The molecule has 0 spiro atoms. The Labute approximate surface area is 173 Å². The molecule has 152 valence electrons. The number of fused-ring (bicyclic) bond motifs is 2. The average molecular weight is 408 g/mol. The summed E-state index contributed by atoms with van der Waals surface area (Å²) in [5.41, 5.74) is 6.42. The zero-order valence-electron chi connectivity index (χ0n) is 18.1. The maximum absolute atomic E-state index is 6.11. The number of oxime groups is 1. The van der Waals surface area contributed by atoms with Crippen molar-refractivity contribution in [2.24, 2.45) is 5.16 Å². The molecule has 0 amide bonds. The molecule has 0 atom stereocenters. The van der Waals surface area contributed by atoms with Gasteiger partial charge in [0.25, 0.3) is 8.32 Å². The minimum absolute atomic E-state index is 0.146. The predicted octanol–water partition coefficient (Wildman–Crippen LogP) is 6.55. The van der Waals surface area contributed by atoms with E-state index >= 15 is 0 Å². The summed E-state index contributed by atoms with van der Waals surface area (Å²) in [5.74, 6) is 0.860. The molecular weight excluding hydrogens is 378 g/mol. The summed E-state index contributed by atoms with van der Waals surface area (Å²) in [6, 6.07) is 8.44. The topological polar surface area (TPSA) is 59.7 Å². The second-order valence-electron chi connectivity index (χ2n) is 9.29. The van der Waals surface area contributed by atoms with Gasteiger partial charge in [-0.3, -0.25) is 4.98 Å². The molecule has 0 saturated heterocycles. The van der Waals surface area contributed by atoms with Crippen molar-refractivity contribution in [1.82, 2.24) is 4.98 Å². The third kappa shape index (κ3) is 3.69. The van der Waals surface area contributed by atoms with Crippen LogP contribution in [0.25, 0.3) is 11.0 Å². The van der Waals surface area contributed by atoms with Gasteiger partial charge >= 0.3 is 0 Å². The number of aryl methyl sites for hydroxylation is 2. The lowest BCUT2D eigenvalue weighted by molar-refractivity contribution is 0.307. The lowest BCUT2D eigenvalue weighted by atomic mass is 10.1. The van der Waals surface area contributed by atoms with E-state index in [-0.39, 0.29) is 5.04 Å². The Hall–Kier alpha value is -2.60. The van der Waals surface area contributed by atoms with Crippen molar-refractivity contribution in [3.63, 3.8) is 0 Å². The minimum Gasteiger partial charge on any atom is -0.457 e. The van der Waals surface area contributed by atoms with Gasteiger partial charge in [-0.25, -0.2) is 0 Å². The van der Waals surface area contributed by atoms with Crippen molar-refractivity contribution < 1.29 is 8.94 Å². The maximum atomic E-state index is 6.11. The number of nitrogens with zero attached hydrogens (tertiary/aromatic N) is 2. The third-order valence-electron chi connectivity index (χ3n) is 6.18. The Bertz CT molecular complexity index is 1090. The van der Waals surface area contributed by atoms with Gasteiger partial charge in [-0.2, -0.15) is 0 Å². The molecule has 2 aromatic heterocycles. The summed E-state index contributed by atoms with van der Waals surface area (Å²) >= 11 is 0. The fraction of sp³-hybridized carbons (Fsp3) is 0.391. The van der Waals surface area contributed by atoms with E-state index in [9.17, 15) is 0 Å². The van der Waals surface area contributed by atoms with Gasteiger partial charge in [-0.1, -0.05) is 26.8 Å². The van der Waals surface area contributed by atoms with Crippen molar-refractivity contribution in [3.05, 3.63) is 53.5 Å². The Morgan fingerprint density at radius 2 is 1.97 bits per heavy atom. The summed E-state index contributed by atoms with van der Waals surface area (Å²) in [6.45, 7) is 13.1. The Kier molecular flexibility index (Phi) is 4.77. The summed E-state index contributed by atoms with van der Waals surface area (Å²) < 4.78 is 11.9. The van der Waals surface area contributed by atoms with Crippen LogP contribution in [-0.2, 0) is 10.9 Å². The van der Waals surface area contributed by atoms with Gasteiger partial charge in [-0.05, 0) is 61.7 Å². The fourth-order valence-electron chi connectivity index (χ4n) is 3.32. The molecule has 0 bridgehead atoms. The second kappa shape index (κ2) is 7.02. The van der Waals surface area contributed by atoms with E-state index < -0.39 is 8.32 Å². The van der Waals surface area contributed by atoms with Crippen molar-refractivity contribution >= 4 is 36.4 Å². The summed E-state index contributed by atoms with van der Waals surface area (Å²) in [6.07, 6.45) is 5.45. The first-order valence-electron chi connectivity index (χ1n) is 10.1. The number of rotatable bonds is 4. The first kappa shape index (κ1) is 19.7. The van der Waals surface area contributed by atoms with Crippen LogP contribution >= 0.6 is 0 Å². The van der Waals surface area contributed by atoms with Crippen LogP contribution < -0.4 is 5.32 Å². The monoisotopic (exact) mass is 407 g/mol. The van der Waals surface area contributed by atoms with E-state index in [2.05, 4.69) is 67.5 Å². The van der Waals surface area contributed by atoms with Crippen LogP contribution in [0.3, 0.4) is 0 Å². The third-order valence-corrected chi connectivity index (χ3v) is 10.3. The van der Waals surface area contributed by atoms with E-state index in [0.717, 1.165) is 46.7 Å². The van der Waals surface area contributed by atoms with Crippen LogP contribution in [0.1, 0.15) is 44.1 Å². The Morgan fingerprint density at radius 3 is 2.72 bits per heavy atom. The molecule has 2 heterocycles. The van der Waals surface area contributed by atoms with Gasteiger partial charge in [0.2, 0.25) is 0 Å². The first-order chi connectivity index (χ1) is 13.7. The molecule has 0 radical (unpaired) electrons. The molecule has 1 N–H and O–H groups in total.